The Morgan fingerprint density at radius 1 is 0.935 bits per heavy atom. The van der Waals surface area contributed by atoms with Crippen LogP contribution in [0.15, 0.2) is 36.4 Å². The molecule has 0 unspecified atom stereocenters. The van der Waals surface area contributed by atoms with Gasteiger partial charge in [-0.2, -0.15) is 0 Å². The number of nitrogens with one attached hydrogen (secondary N) is 1. The van der Waals surface area contributed by atoms with Crippen LogP contribution in [0.1, 0.15) is 26.3 Å². The van der Waals surface area contributed by atoms with Crippen LogP contribution in [0.3, 0.4) is 0 Å². The fraction of sp³-hybridized carbons (Fsp3) is 0.286. The molecule has 150 valence electrons. The monoisotopic (exact) mass is 415 g/mol. The minimum atomic E-state index is -2.51. The predicted molar refractivity (Wildman–Crippen MR) is 117 cm³/mol. The van der Waals surface area contributed by atoms with Gasteiger partial charge in [-0.3, -0.25) is 4.79 Å². The van der Waals surface area contributed by atoms with Crippen molar-refractivity contribution in [3.63, 3.8) is 0 Å². The third-order valence-corrected chi connectivity index (χ3v) is 4.79. The van der Waals surface area contributed by atoms with Crippen molar-refractivity contribution in [3.8, 4) is 11.3 Å². The Balaban J connectivity index is 2.31. The first-order valence-electron chi connectivity index (χ1n) is 9.31. The first-order chi connectivity index (χ1) is 14.1. The van der Waals surface area contributed by atoms with Gasteiger partial charge in [0.05, 0.1) is 36.9 Å². The number of H-pyrrole nitrogens is 1. The highest BCUT2D eigenvalue weighted by atomic mass is 19.1. The van der Waals surface area contributed by atoms with E-state index in [1.54, 1.807) is 20.8 Å². The Morgan fingerprint density at radius 3 is 2.06 bits per heavy atom. The van der Waals surface area contributed by atoms with Crippen LogP contribution in [0.2, 0.25) is 5.21 Å². The highest BCUT2D eigenvalue weighted by molar-refractivity contribution is 6.61. The molecular weight excluding hydrogens is 398 g/mol. The van der Waals surface area contributed by atoms with Crippen LogP contribution in [-0.2, 0) is 14.7 Å². The van der Waals surface area contributed by atoms with Gasteiger partial charge in [-0.25, -0.2) is 13.2 Å². The Hall–Kier alpha value is -2.50. The van der Waals surface area contributed by atoms with Gasteiger partial charge in [-0.1, -0.05) is 5.21 Å². The number of aromatic nitrogens is 1. The van der Waals surface area contributed by atoms with Gasteiger partial charge >= 0.3 is 0 Å². The fourth-order valence-corrected chi connectivity index (χ4v) is 3.22. The molecule has 0 atom stereocenters. The van der Waals surface area contributed by atoms with Crippen molar-refractivity contribution in [1.29, 1.82) is 0 Å². The summed E-state index contributed by atoms with van der Waals surface area (Å²) in [5, 5.41) is -4.95. The van der Waals surface area contributed by atoms with Crippen LogP contribution in [0, 0.1) is 17.5 Å². The first kappa shape index (κ1) is 23.2. The van der Waals surface area contributed by atoms with E-state index in [9.17, 15) is 18.0 Å². The van der Waals surface area contributed by atoms with Gasteiger partial charge in [0.15, 0.2) is 0 Å². The lowest BCUT2D eigenvalue weighted by Crippen LogP contribution is -2.50. The minimum Gasteiger partial charge on any atom is -0.461 e. The smallest absolute Gasteiger partial charge is 0.294 e. The number of halogens is 3. The van der Waals surface area contributed by atoms with Crippen molar-refractivity contribution in [2.45, 2.75) is 36.8 Å². The molecular formula is C21H16B4F3NO2. The number of carbonyl (C=O) groups is 1. The van der Waals surface area contributed by atoms with Crippen molar-refractivity contribution in [3.05, 3.63) is 59.4 Å². The number of benzene rings is 2. The van der Waals surface area contributed by atoms with Gasteiger partial charge in [0.2, 0.25) is 0 Å². The van der Waals surface area contributed by atoms with Crippen molar-refractivity contribution in [2.24, 2.45) is 0 Å². The molecule has 0 amide bonds. The average molecular weight is 415 g/mol. The Bertz CT molecular complexity index is 1150. The maximum Gasteiger partial charge on any atom is 0.294 e. The SMILES string of the molecule is [B]C([B])(C(=O)OC(C)(C)C)C([B])([B])c1c(-c2ccc(F)cc2)[nH]c2c(F)cc(F)cc12. The Morgan fingerprint density at radius 2 is 1.52 bits per heavy atom. The molecule has 0 spiro atoms. The standard InChI is InChI=1S/C21H16B4F3NO2/c1-19(2,3)31-18(30)21(24,25)20(22,23)15-13-8-12(27)9-14(28)17(13)29-16(15)10-4-6-11(26)7-5-10/h4-9,29H,1-3H3. The zero-order chi connectivity index (χ0) is 23.4. The van der Waals surface area contributed by atoms with Crippen LogP contribution >= 0.6 is 0 Å². The Labute approximate surface area is 183 Å². The molecule has 3 nitrogen and oxygen atoms in total. The zero-order valence-electron chi connectivity index (χ0n) is 17.2. The van der Waals surface area contributed by atoms with Crippen LogP contribution in [0.25, 0.3) is 22.2 Å². The number of aromatic amines is 1. The second-order valence-electron chi connectivity index (χ2n) is 8.43. The van der Waals surface area contributed by atoms with Gasteiger partial charge in [-0.05, 0) is 67.4 Å². The molecule has 0 saturated heterocycles. The number of hydrogen-bond acceptors (Lipinski definition) is 2. The summed E-state index contributed by atoms with van der Waals surface area (Å²) in [6, 6.07) is 6.70. The molecule has 0 aliphatic carbocycles. The summed E-state index contributed by atoms with van der Waals surface area (Å²) in [7, 11) is 24.7. The minimum absolute atomic E-state index is 0.0781. The molecule has 1 N–H and O–H groups in total. The molecule has 0 aliphatic rings. The summed E-state index contributed by atoms with van der Waals surface area (Å²) in [4.78, 5) is 15.5. The van der Waals surface area contributed by atoms with E-state index in [2.05, 4.69) is 4.98 Å². The number of carbonyl (C=O) groups excluding carboxylic acids is 1. The van der Waals surface area contributed by atoms with E-state index in [1.165, 1.54) is 12.1 Å². The number of fused-ring (bicyclic) bond motifs is 1. The molecule has 0 saturated carbocycles. The second kappa shape index (κ2) is 7.57. The molecule has 8 radical (unpaired) electrons. The van der Waals surface area contributed by atoms with Crippen LogP contribution in [0.5, 0.6) is 0 Å². The lowest BCUT2D eigenvalue weighted by Gasteiger charge is -2.44. The topological polar surface area (TPSA) is 42.1 Å². The fourth-order valence-electron chi connectivity index (χ4n) is 3.22. The summed E-state index contributed by atoms with van der Waals surface area (Å²) in [5.74, 6) is -3.49. The van der Waals surface area contributed by atoms with E-state index < -0.39 is 39.4 Å². The summed E-state index contributed by atoms with van der Waals surface area (Å²) in [5.41, 5.74) is -0.824. The molecule has 3 aromatic rings. The van der Waals surface area contributed by atoms with Crippen molar-refractivity contribution >= 4 is 48.3 Å². The number of esters is 1. The average Bonchev–Trinajstić information content (AvgIpc) is 3.01. The van der Waals surface area contributed by atoms with E-state index in [0.717, 1.165) is 18.2 Å². The van der Waals surface area contributed by atoms with E-state index in [4.69, 9.17) is 36.1 Å². The van der Waals surface area contributed by atoms with Crippen LogP contribution in [-0.4, -0.2) is 47.9 Å². The summed E-state index contributed by atoms with van der Waals surface area (Å²) >= 11 is 0. The van der Waals surface area contributed by atoms with Crippen molar-refractivity contribution in [1.82, 2.24) is 4.98 Å². The molecule has 0 fully saturated rings. The van der Waals surface area contributed by atoms with Crippen molar-refractivity contribution < 1.29 is 22.7 Å². The lowest BCUT2D eigenvalue weighted by atomic mass is 9.28. The molecule has 10 heteroatoms. The summed E-state index contributed by atoms with van der Waals surface area (Å²) < 4.78 is 47.3. The van der Waals surface area contributed by atoms with Gasteiger partial charge < -0.3 is 9.72 Å². The van der Waals surface area contributed by atoms with Crippen LogP contribution < -0.4 is 0 Å². The maximum atomic E-state index is 14.5. The third-order valence-electron chi connectivity index (χ3n) is 4.79. The number of ether oxygens (including phenoxy) is 1. The quantitative estimate of drug-likeness (QED) is 0.524. The largest absolute Gasteiger partial charge is 0.461 e. The van der Waals surface area contributed by atoms with Gasteiger partial charge in [-0.15, -0.1) is 0 Å². The normalized spacial score (nSPS) is 12.8. The lowest BCUT2D eigenvalue weighted by molar-refractivity contribution is -0.156. The van der Waals surface area contributed by atoms with E-state index in [0.29, 0.717) is 11.6 Å². The predicted octanol–water partition coefficient (Wildman–Crippen LogP) is 3.54. The molecule has 1 aromatic heterocycles. The molecule has 1 heterocycles. The number of hydrogen-bond donors (Lipinski definition) is 1. The summed E-state index contributed by atoms with van der Waals surface area (Å²) in [6.45, 7) is 4.78. The highest BCUT2D eigenvalue weighted by Gasteiger charge is 2.46. The van der Waals surface area contributed by atoms with E-state index in [1.807, 2.05) is 0 Å². The van der Waals surface area contributed by atoms with Crippen LogP contribution in [0.4, 0.5) is 13.2 Å². The molecule has 2 aromatic carbocycles. The first-order valence-corrected chi connectivity index (χ1v) is 9.31. The van der Waals surface area contributed by atoms with Gasteiger partial charge in [0.1, 0.15) is 23.1 Å². The summed E-state index contributed by atoms with van der Waals surface area (Å²) in [6.07, 6.45) is 0. The zero-order valence-corrected chi connectivity index (χ0v) is 17.2. The van der Waals surface area contributed by atoms with Gasteiger partial charge in [0.25, 0.3) is 5.97 Å². The maximum absolute atomic E-state index is 14.5. The molecule has 0 bridgehead atoms. The molecule has 0 aliphatic heterocycles. The van der Waals surface area contributed by atoms with Gasteiger partial charge in [0, 0.05) is 17.1 Å². The second-order valence-corrected chi connectivity index (χ2v) is 8.43. The number of rotatable bonds is 4. The molecule has 31 heavy (non-hydrogen) atoms. The highest BCUT2D eigenvalue weighted by Crippen LogP contribution is 2.47. The van der Waals surface area contributed by atoms with E-state index >= 15 is 0 Å². The third kappa shape index (κ3) is 4.17. The molecule has 3 rings (SSSR count). The van der Waals surface area contributed by atoms with Crippen molar-refractivity contribution in [2.75, 3.05) is 0 Å². The van der Waals surface area contributed by atoms with E-state index in [-0.39, 0.29) is 22.2 Å². The Kier molecular flexibility index (Phi) is 5.66.